The monoisotopic (exact) mass is 267 g/mol. The maximum atomic E-state index is 5.86. The van der Waals surface area contributed by atoms with Gasteiger partial charge in [0.05, 0.1) is 32.5 Å². The molecule has 1 unspecified atom stereocenters. The second-order valence-electron chi connectivity index (χ2n) is 4.61. The lowest BCUT2D eigenvalue weighted by atomic mass is 10.1. The number of likely N-dealkylation sites (N-methyl/N-ethyl adjacent to an activating group) is 1. The summed E-state index contributed by atoms with van der Waals surface area (Å²) in [5, 5.41) is 3.15. The van der Waals surface area contributed by atoms with Gasteiger partial charge < -0.3 is 19.5 Å². The van der Waals surface area contributed by atoms with Gasteiger partial charge in [0.15, 0.2) is 0 Å². The molecule has 0 radical (unpaired) electrons. The molecule has 1 rings (SSSR count). The Hall–Kier alpha value is -1.10. The third kappa shape index (κ3) is 6.05. The zero-order valence-electron chi connectivity index (χ0n) is 12.3. The summed E-state index contributed by atoms with van der Waals surface area (Å²) >= 11 is 0. The van der Waals surface area contributed by atoms with E-state index in [1.54, 1.807) is 7.11 Å². The maximum absolute atomic E-state index is 5.86. The summed E-state index contributed by atoms with van der Waals surface area (Å²) in [6.45, 7) is 6.03. The van der Waals surface area contributed by atoms with E-state index < -0.39 is 0 Å². The number of hydrogen-bond acceptors (Lipinski definition) is 4. The van der Waals surface area contributed by atoms with Crippen LogP contribution < -0.4 is 10.1 Å². The fraction of sp³-hybridized carbons (Fsp3) is 0.600. The Morgan fingerprint density at radius 2 is 1.68 bits per heavy atom. The molecule has 0 heterocycles. The van der Waals surface area contributed by atoms with Crippen LogP contribution in [0.3, 0.4) is 0 Å². The Balaban J connectivity index is 2.50. The highest BCUT2D eigenvalue weighted by molar-refractivity contribution is 5.28. The third-order valence-electron chi connectivity index (χ3n) is 2.73. The van der Waals surface area contributed by atoms with Crippen LogP contribution in [-0.2, 0) is 9.47 Å². The molecular formula is C15H25NO3. The lowest BCUT2D eigenvalue weighted by Gasteiger charge is -2.19. The molecule has 0 saturated carbocycles. The zero-order chi connectivity index (χ0) is 14.1. The highest BCUT2D eigenvalue weighted by Gasteiger charge is 2.11. The van der Waals surface area contributed by atoms with E-state index in [-0.39, 0.29) is 12.2 Å². The van der Waals surface area contributed by atoms with E-state index in [0.29, 0.717) is 13.2 Å². The van der Waals surface area contributed by atoms with Crippen LogP contribution in [0.2, 0.25) is 0 Å². The second-order valence-corrected chi connectivity index (χ2v) is 4.61. The fourth-order valence-corrected chi connectivity index (χ4v) is 1.75. The summed E-state index contributed by atoms with van der Waals surface area (Å²) in [5.74, 6) is 0.857. The van der Waals surface area contributed by atoms with Crippen LogP contribution in [0.25, 0.3) is 0 Å². The molecule has 0 aliphatic heterocycles. The van der Waals surface area contributed by atoms with Crippen LogP contribution >= 0.6 is 0 Å². The lowest BCUT2D eigenvalue weighted by Crippen LogP contribution is -2.21. The van der Waals surface area contributed by atoms with Gasteiger partial charge in [-0.15, -0.1) is 0 Å². The predicted octanol–water partition coefficient (Wildman–Crippen LogP) is 2.40. The van der Waals surface area contributed by atoms with E-state index in [1.165, 1.54) is 0 Å². The maximum Gasteiger partial charge on any atom is 0.118 e. The first-order chi connectivity index (χ1) is 9.17. The molecule has 108 valence electrons. The number of methoxy groups -OCH3 is 1. The molecule has 1 N–H and O–H groups in total. The molecule has 0 saturated heterocycles. The topological polar surface area (TPSA) is 39.7 Å². The molecule has 0 fully saturated rings. The van der Waals surface area contributed by atoms with Gasteiger partial charge in [0.2, 0.25) is 0 Å². The van der Waals surface area contributed by atoms with Crippen molar-refractivity contribution in [1.82, 2.24) is 5.32 Å². The standard InChI is InChI=1S/C15H25NO3/c1-12(2)18-9-10-19-15(11-16-3)13-5-7-14(17-4)8-6-13/h5-8,12,15-16H,9-11H2,1-4H3. The quantitative estimate of drug-likeness (QED) is 0.697. The van der Waals surface area contributed by atoms with Gasteiger partial charge in [0.1, 0.15) is 5.75 Å². The molecule has 1 atom stereocenters. The second kappa shape index (κ2) is 8.91. The van der Waals surface area contributed by atoms with Crippen LogP contribution in [0, 0.1) is 0 Å². The largest absolute Gasteiger partial charge is 0.497 e. The van der Waals surface area contributed by atoms with Crippen LogP contribution in [-0.4, -0.2) is 40.0 Å². The summed E-state index contributed by atoms with van der Waals surface area (Å²) in [4.78, 5) is 0. The Bertz CT molecular complexity index is 338. The summed E-state index contributed by atoms with van der Waals surface area (Å²) in [6.07, 6.45) is 0.277. The minimum atomic E-state index is 0.0340. The Kier molecular flexibility index (Phi) is 7.48. The number of rotatable bonds is 9. The molecule has 1 aromatic rings. The number of hydrogen-bond donors (Lipinski definition) is 1. The Labute approximate surface area is 116 Å². The molecule has 0 bridgehead atoms. The molecule has 1 aromatic carbocycles. The van der Waals surface area contributed by atoms with E-state index >= 15 is 0 Å². The van der Waals surface area contributed by atoms with Crippen molar-refractivity contribution in [3.63, 3.8) is 0 Å². The number of benzene rings is 1. The Morgan fingerprint density at radius 1 is 1.05 bits per heavy atom. The van der Waals surface area contributed by atoms with E-state index in [1.807, 2.05) is 45.2 Å². The van der Waals surface area contributed by atoms with Gasteiger partial charge in [-0.05, 0) is 38.6 Å². The van der Waals surface area contributed by atoms with E-state index in [9.17, 15) is 0 Å². The molecule has 0 aromatic heterocycles. The zero-order valence-corrected chi connectivity index (χ0v) is 12.3. The molecular weight excluding hydrogens is 242 g/mol. The van der Waals surface area contributed by atoms with Gasteiger partial charge >= 0.3 is 0 Å². The molecule has 0 aliphatic rings. The molecule has 0 spiro atoms. The molecule has 0 aliphatic carbocycles. The number of nitrogens with one attached hydrogen (secondary N) is 1. The van der Waals surface area contributed by atoms with Crippen LogP contribution in [0.4, 0.5) is 0 Å². The molecule has 0 amide bonds. The van der Waals surface area contributed by atoms with Crippen molar-refractivity contribution < 1.29 is 14.2 Å². The van der Waals surface area contributed by atoms with Crippen LogP contribution in [0.5, 0.6) is 5.75 Å². The van der Waals surface area contributed by atoms with Gasteiger partial charge in [0, 0.05) is 6.54 Å². The summed E-state index contributed by atoms with van der Waals surface area (Å²) in [5.41, 5.74) is 1.14. The SMILES string of the molecule is CNCC(OCCOC(C)C)c1ccc(OC)cc1. The summed E-state index contributed by atoms with van der Waals surface area (Å²) in [7, 11) is 3.59. The highest BCUT2D eigenvalue weighted by Crippen LogP contribution is 2.20. The predicted molar refractivity (Wildman–Crippen MR) is 76.7 cm³/mol. The normalized spacial score (nSPS) is 12.7. The Morgan fingerprint density at radius 3 is 2.21 bits per heavy atom. The van der Waals surface area contributed by atoms with Gasteiger partial charge in [-0.25, -0.2) is 0 Å². The smallest absolute Gasteiger partial charge is 0.118 e. The third-order valence-corrected chi connectivity index (χ3v) is 2.73. The van der Waals surface area contributed by atoms with Crippen molar-refractivity contribution in [1.29, 1.82) is 0 Å². The first-order valence-corrected chi connectivity index (χ1v) is 6.69. The lowest BCUT2D eigenvalue weighted by molar-refractivity contribution is -0.0125. The van der Waals surface area contributed by atoms with Crippen molar-refractivity contribution in [3.05, 3.63) is 29.8 Å². The van der Waals surface area contributed by atoms with E-state index in [4.69, 9.17) is 14.2 Å². The van der Waals surface area contributed by atoms with Crippen LogP contribution in [0.1, 0.15) is 25.5 Å². The molecule has 19 heavy (non-hydrogen) atoms. The van der Waals surface area contributed by atoms with Gasteiger partial charge in [-0.2, -0.15) is 0 Å². The van der Waals surface area contributed by atoms with E-state index in [0.717, 1.165) is 17.9 Å². The average molecular weight is 267 g/mol. The minimum Gasteiger partial charge on any atom is -0.497 e. The number of ether oxygens (including phenoxy) is 3. The van der Waals surface area contributed by atoms with Gasteiger partial charge in [0.25, 0.3) is 0 Å². The molecule has 4 heteroatoms. The van der Waals surface area contributed by atoms with Gasteiger partial charge in [-0.1, -0.05) is 12.1 Å². The fourth-order valence-electron chi connectivity index (χ4n) is 1.75. The highest BCUT2D eigenvalue weighted by atomic mass is 16.5. The molecule has 4 nitrogen and oxygen atoms in total. The van der Waals surface area contributed by atoms with Crippen molar-refractivity contribution in [3.8, 4) is 5.75 Å². The van der Waals surface area contributed by atoms with Crippen molar-refractivity contribution >= 4 is 0 Å². The summed E-state index contributed by atoms with van der Waals surface area (Å²) in [6, 6.07) is 7.96. The first-order valence-electron chi connectivity index (χ1n) is 6.69. The minimum absolute atomic E-state index is 0.0340. The van der Waals surface area contributed by atoms with E-state index in [2.05, 4.69) is 5.32 Å². The first kappa shape index (κ1) is 16.0. The van der Waals surface area contributed by atoms with Crippen LogP contribution in [0.15, 0.2) is 24.3 Å². The van der Waals surface area contributed by atoms with Crippen molar-refractivity contribution in [2.45, 2.75) is 26.1 Å². The summed E-state index contributed by atoms with van der Waals surface area (Å²) < 4.78 is 16.5. The van der Waals surface area contributed by atoms with Crippen molar-refractivity contribution in [2.24, 2.45) is 0 Å². The average Bonchev–Trinajstić information content (AvgIpc) is 2.42. The van der Waals surface area contributed by atoms with Crippen molar-refractivity contribution in [2.75, 3.05) is 33.9 Å². The van der Waals surface area contributed by atoms with Gasteiger partial charge in [-0.3, -0.25) is 0 Å².